The molecule has 3 rings (SSSR count). The number of amides is 3. The Bertz CT molecular complexity index is 1200. The lowest BCUT2D eigenvalue weighted by Gasteiger charge is -2.31. The number of hydrogen-bond acceptors (Lipinski definition) is 7. The third-order valence-electron chi connectivity index (χ3n) is 9.56. The van der Waals surface area contributed by atoms with Crippen LogP contribution in [0.15, 0.2) is 43.0 Å². The molecule has 0 saturated carbocycles. The maximum absolute atomic E-state index is 14.1. The lowest BCUT2D eigenvalue weighted by Crippen LogP contribution is -2.56. The molecule has 10 nitrogen and oxygen atoms in total. The lowest BCUT2D eigenvalue weighted by molar-refractivity contribution is -0.188. The topological polar surface area (TPSA) is 131 Å². The van der Waals surface area contributed by atoms with Crippen LogP contribution in [0.4, 0.5) is 0 Å². The number of Topliss-reactive ketones (excluding diaryl/α,β-unsaturated/α-hetero) is 1. The molecule has 260 valence electrons. The molecule has 2 heterocycles. The zero-order valence-corrected chi connectivity index (χ0v) is 28.7. The zero-order valence-electron chi connectivity index (χ0n) is 28.7. The summed E-state index contributed by atoms with van der Waals surface area (Å²) in [4.78, 5) is 66.9. The standard InChI is InChI=1S/C37H55N3O7/c1-6-37(5,7-2)36(45)39-30(23-28-16-10-8-11-17-28)35(44)40-24-26(3)22-31(40)34(43)38-29(25-41)18-12-9-13-19-32(42)27(4)47-33-20-14-15-21-46-33/h6,8,10-11,16-17,25-27,29-31,33H,1,7,9,12-15,18-24H2,2-5H3,(H,38,43)(H,39,45)/t26-,27+,29-,30-,31+,33?,37-/m0/s1. The number of nitrogens with one attached hydrogen (secondary N) is 2. The smallest absolute Gasteiger partial charge is 0.246 e. The highest BCUT2D eigenvalue weighted by molar-refractivity contribution is 5.94. The second kappa shape index (κ2) is 18.8. The summed E-state index contributed by atoms with van der Waals surface area (Å²) in [5.41, 5.74) is 0.0455. The predicted molar refractivity (Wildman–Crippen MR) is 180 cm³/mol. The Hall–Kier alpha value is -3.37. The van der Waals surface area contributed by atoms with E-state index in [2.05, 4.69) is 17.2 Å². The molecule has 1 aromatic carbocycles. The van der Waals surface area contributed by atoms with Crippen LogP contribution in [0, 0.1) is 11.3 Å². The predicted octanol–water partition coefficient (Wildman–Crippen LogP) is 4.69. The van der Waals surface area contributed by atoms with Crippen LogP contribution in [0.3, 0.4) is 0 Å². The number of ether oxygens (including phenoxy) is 2. The van der Waals surface area contributed by atoms with Gasteiger partial charge in [0.1, 0.15) is 24.5 Å². The molecule has 0 bridgehead atoms. The second-order valence-electron chi connectivity index (χ2n) is 13.4. The average Bonchev–Trinajstić information content (AvgIpc) is 3.48. The quantitative estimate of drug-likeness (QED) is 0.126. The van der Waals surface area contributed by atoms with Crippen molar-refractivity contribution in [2.24, 2.45) is 11.3 Å². The summed E-state index contributed by atoms with van der Waals surface area (Å²) in [7, 11) is 0. The maximum atomic E-state index is 14.1. The highest BCUT2D eigenvalue weighted by Crippen LogP contribution is 2.27. The van der Waals surface area contributed by atoms with Gasteiger partial charge in [0, 0.05) is 26.0 Å². The number of aldehydes is 1. The number of ketones is 1. The number of carbonyl (C=O) groups excluding carboxylic acids is 5. The lowest BCUT2D eigenvalue weighted by atomic mass is 9.86. The molecule has 0 spiro atoms. The number of unbranched alkanes of at least 4 members (excludes halogenated alkanes) is 2. The van der Waals surface area contributed by atoms with E-state index in [0.717, 1.165) is 37.5 Å². The molecule has 47 heavy (non-hydrogen) atoms. The van der Waals surface area contributed by atoms with Crippen LogP contribution >= 0.6 is 0 Å². The minimum Gasteiger partial charge on any atom is -0.353 e. The zero-order chi connectivity index (χ0) is 34.4. The van der Waals surface area contributed by atoms with E-state index >= 15 is 0 Å². The van der Waals surface area contributed by atoms with Crippen LogP contribution in [0.2, 0.25) is 0 Å². The van der Waals surface area contributed by atoms with Gasteiger partial charge in [0.15, 0.2) is 12.1 Å². The molecular formula is C37H55N3O7. The van der Waals surface area contributed by atoms with Crippen LogP contribution in [0.1, 0.15) is 97.5 Å². The Morgan fingerprint density at radius 3 is 2.51 bits per heavy atom. The summed E-state index contributed by atoms with van der Waals surface area (Å²) in [5.74, 6) is -0.888. The van der Waals surface area contributed by atoms with Crippen molar-refractivity contribution in [2.45, 2.75) is 129 Å². The van der Waals surface area contributed by atoms with E-state index in [9.17, 15) is 24.0 Å². The van der Waals surface area contributed by atoms with E-state index in [1.54, 1.807) is 24.8 Å². The molecule has 0 aliphatic carbocycles. The third-order valence-corrected chi connectivity index (χ3v) is 9.56. The average molecular weight is 654 g/mol. The van der Waals surface area contributed by atoms with Crippen molar-refractivity contribution in [2.75, 3.05) is 13.2 Å². The first-order valence-corrected chi connectivity index (χ1v) is 17.4. The van der Waals surface area contributed by atoms with Crippen molar-refractivity contribution >= 4 is 29.8 Å². The molecule has 1 aromatic rings. The van der Waals surface area contributed by atoms with E-state index < -0.39 is 29.6 Å². The molecule has 7 atom stereocenters. The molecule has 2 N–H and O–H groups in total. The van der Waals surface area contributed by atoms with Crippen molar-refractivity contribution < 1.29 is 33.4 Å². The van der Waals surface area contributed by atoms with Gasteiger partial charge in [-0.05, 0) is 70.3 Å². The van der Waals surface area contributed by atoms with Crippen molar-refractivity contribution in [1.29, 1.82) is 0 Å². The van der Waals surface area contributed by atoms with Gasteiger partial charge in [-0.2, -0.15) is 0 Å². The summed E-state index contributed by atoms with van der Waals surface area (Å²) in [6.45, 7) is 12.3. The highest BCUT2D eigenvalue weighted by Gasteiger charge is 2.42. The first-order valence-electron chi connectivity index (χ1n) is 17.4. The van der Waals surface area contributed by atoms with Gasteiger partial charge in [-0.1, -0.05) is 63.1 Å². The Morgan fingerprint density at radius 1 is 1.13 bits per heavy atom. The normalized spacial score (nSPS) is 22.7. The molecule has 2 aliphatic heterocycles. The van der Waals surface area contributed by atoms with Gasteiger partial charge >= 0.3 is 0 Å². The fraction of sp³-hybridized carbons (Fsp3) is 0.649. The summed E-state index contributed by atoms with van der Waals surface area (Å²) >= 11 is 0. The highest BCUT2D eigenvalue weighted by atomic mass is 16.7. The summed E-state index contributed by atoms with van der Waals surface area (Å²) in [5, 5.41) is 5.81. The molecule has 1 unspecified atom stereocenters. The van der Waals surface area contributed by atoms with E-state index in [1.807, 2.05) is 44.2 Å². The van der Waals surface area contributed by atoms with E-state index in [4.69, 9.17) is 9.47 Å². The van der Waals surface area contributed by atoms with Gasteiger partial charge in [-0.25, -0.2) is 0 Å². The molecule has 2 fully saturated rings. The SMILES string of the molecule is C=C[C@@](C)(CC)C(=O)N[C@@H](Cc1ccccc1)C(=O)N1C[C@@H](C)C[C@@H]1C(=O)N[C@H](C=O)CCCCCC(=O)[C@@H](C)OC1CCCCO1. The summed E-state index contributed by atoms with van der Waals surface area (Å²) in [6.07, 6.45) is 8.50. The number of hydrogen-bond donors (Lipinski definition) is 2. The van der Waals surface area contributed by atoms with Gasteiger partial charge < -0.3 is 29.8 Å². The Kier molecular flexibility index (Phi) is 15.3. The molecular weight excluding hydrogens is 598 g/mol. The van der Waals surface area contributed by atoms with E-state index in [1.165, 1.54) is 0 Å². The van der Waals surface area contributed by atoms with Crippen LogP contribution in [0.5, 0.6) is 0 Å². The third kappa shape index (κ3) is 11.4. The van der Waals surface area contributed by atoms with E-state index in [0.29, 0.717) is 51.7 Å². The van der Waals surface area contributed by atoms with Gasteiger partial charge in [-0.15, -0.1) is 6.58 Å². The number of likely N-dealkylation sites (tertiary alicyclic amines) is 1. The van der Waals surface area contributed by atoms with Crippen molar-refractivity contribution in [3.63, 3.8) is 0 Å². The van der Waals surface area contributed by atoms with Gasteiger partial charge in [0.05, 0.1) is 11.5 Å². The Morgan fingerprint density at radius 2 is 1.87 bits per heavy atom. The molecule has 3 amide bonds. The van der Waals surface area contributed by atoms with Crippen molar-refractivity contribution in [3.05, 3.63) is 48.6 Å². The number of nitrogens with zero attached hydrogens (tertiary/aromatic N) is 1. The number of rotatable bonds is 19. The maximum Gasteiger partial charge on any atom is 0.246 e. The second-order valence-corrected chi connectivity index (χ2v) is 13.4. The minimum absolute atomic E-state index is 0.0325. The molecule has 0 aromatic heterocycles. The largest absolute Gasteiger partial charge is 0.353 e. The molecule has 2 saturated heterocycles. The Balaban J connectivity index is 1.55. The van der Waals surface area contributed by atoms with Crippen LogP contribution < -0.4 is 10.6 Å². The summed E-state index contributed by atoms with van der Waals surface area (Å²) < 4.78 is 11.3. The monoisotopic (exact) mass is 653 g/mol. The molecule has 0 radical (unpaired) electrons. The first-order chi connectivity index (χ1) is 22.5. The van der Waals surface area contributed by atoms with Crippen molar-refractivity contribution in [1.82, 2.24) is 15.5 Å². The Labute approximate surface area is 280 Å². The van der Waals surface area contributed by atoms with Gasteiger partial charge in [0.2, 0.25) is 17.7 Å². The summed E-state index contributed by atoms with van der Waals surface area (Å²) in [6, 6.07) is 7.14. The fourth-order valence-electron chi connectivity index (χ4n) is 6.13. The number of benzene rings is 1. The minimum atomic E-state index is -0.871. The van der Waals surface area contributed by atoms with Crippen molar-refractivity contribution in [3.8, 4) is 0 Å². The van der Waals surface area contributed by atoms with E-state index in [-0.39, 0.29) is 42.1 Å². The van der Waals surface area contributed by atoms with Gasteiger partial charge in [-0.3, -0.25) is 19.2 Å². The number of carbonyl (C=O) groups is 5. The fourth-order valence-corrected chi connectivity index (χ4v) is 6.13. The molecule has 2 aliphatic rings. The molecule has 10 heteroatoms. The van der Waals surface area contributed by atoms with Gasteiger partial charge in [0.25, 0.3) is 0 Å². The first kappa shape index (κ1) is 38.1. The van der Waals surface area contributed by atoms with Crippen LogP contribution in [-0.2, 0) is 39.9 Å². The van der Waals surface area contributed by atoms with Crippen LogP contribution in [0.25, 0.3) is 0 Å². The van der Waals surface area contributed by atoms with Crippen LogP contribution in [-0.4, -0.2) is 78.4 Å².